The van der Waals surface area contributed by atoms with Crippen molar-refractivity contribution in [2.75, 3.05) is 18.4 Å². The minimum absolute atomic E-state index is 0.171. The van der Waals surface area contributed by atoms with Gasteiger partial charge in [0.15, 0.2) is 5.76 Å². The summed E-state index contributed by atoms with van der Waals surface area (Å²) in [5.41, 5.74) is 7.44. The SMILES string of the molecule is NCCNC(=O)c1ccc(-c2ccc(NC(=O)c3ccccc3)cc2)o1. The molecule has 0 radical (unpaired) electrons. The molecule has 2 aromatic carbocycles. The third-order valence-corrected chi connectivity index (χ3v) is 3.72. The van der Waals surface area contributed by atoms with Crippen LogP contribution >= 0.6 is 0 Å². The van der Waals surface area contributed by atoms with Gasteiger partial charge in [-0.1, -0.05) is 18.2 Å². The van der Waals surface area contributed by atoms with Gasteiger partial charge in [-0.15, -0.1) is 0 Å². The van der Waals surface area contributed by atoms with Crippen LogP contribution in [0.4, 0.5) is 5.69 Å². The smallest absolute Gasteiger partial charge is 0.287 e. The van der Waals surface area contributed by atoms with E-state index in [9.17, 15) is 9.59 Å². The molecule has 3 aromatic rings. The molecule has 0 unspecified atom stereocenters. The van der Waals surface area contributed by atoms with Crippen molar-refractivity contribution in [3.8, 4) is 11.3 Å². The Morgan fingerprint density at radius 2 is 1.62 bits per heavy atom. The minimum atomic E-state index is -0.298. The van der Waals surface area contributed by atoms with E-state index >= 15 is 0 Å². The normalized spacial score (nSPS) is 10.3. The van der Waals surface area contributed by atoms with Crippen LogP contribution < -0.4 is 16.4 Å². The maximum absolute atomic E-state index is 12.2. The van der Waals surface area contributed by atoms with E-state index in [1.807, 2.05) is 30.3 Å². The second-order valence-electron chi connectivity index (χ2n) is 5.61. The maximum Gasteiger partial charge on any atom is 0.287 e. The molecular weight excluding hydrogens is 330 g/mol. The van der Waals surface area contributed by atoms with Gasteiger partial charge in [0.25, 0.3) is 11.8 Å². The first-order chi connectivity index (χ1) is 12.7. The number of nitrogens with two attached hydrogens (primary N) is 1. The molecular formula is C20H19N3O3. The van der Waals surface area contributed by atoms with Crippen molar-refractivity contribution in [2.24, 2.45) is 5.73 Å². The zero-order valence-corrected chi connectivity index (χ0v) is 14.1. The van der Waals surface area contributed by atoms with E-state index in [1.165, 1.54) is 0 Å². The molecule has 2 amide bonds. The average Bonchev–Trinajstić information content (AvgIpc) is 3.17. The van der Waals surface area contributed by atoms with E-state index < -0.39 is 0 Å². The largest absolute Gasteiger partial charge is 0.451 e. The molecule has 0 spiro atoms. The van der Waals surface area contributed by atoms with Gasteiger partial charge in [-0.05, 0) is 48.5 Å². The van der Waals surface area contributed by atoms with Gasteiger partial charge in [0.05, 0.1) is 0 Å². The van der Waals surface area contributed by atoms with E-state index in [0.717, 1.165) is 5.56 Å². The van der Waals surface area contributed by atoms with Gasteiger partial charge >= 0.3 is 0 Å². The molecule has 3 rings (SSSR count). The number of carbonyl (C=O) groups excluding carboxylic acids is 2. The summed E-state index contributed by atoms with van der Waals surface area (Å²) in [5.74, 6) is 0.336. The van der Waals surface area contributed by atoms with Crippen molar-refractivity contribution in [1.82, 2.24) is 5.32 Å². The van der Waals surface area contributed by atoms with Crippen LogP contribution in [0.2, 0.25) is 0 Å². The van der Waals surface area contributed by atoms with Crippen molar-refractivity contribution in [1.29, 1.82) is 0 Å². The van der Waals surface area contributed by atoms with Crippen molar-refractivity contribution < 1.29 is 14.0 Å². The quantitative estimate of drug-likeness (QED) is 0.637. The van der Waals surface area contributed by atoms with Gasteiger partial charge in [0, 0.05) is 29.9 Å². The maximum atomic E-state index is 12.2. The molecule has 0 saturated carbocycles. The van der Waals surface area contributed by atoms with Crippen LogP contribution in [0.1, 0.15) is 20.9 Å². The van der Waals surface area contributed by atoms with Crippen molar-refractivity contribution in [2.45, 2.75) is 0 Å². The van der Waals surface area contributed by atoms with Crippen molar-refractivity contribution in [3.63, 3.8) is 0 Å². The Balaban J connectivity index is 1.67. The van der Waals surface area contributed by atoms with E-state index in [1.54, 1.807) is 36.4 Å². The first-order valence-electron chi connectivity index (χ1n) is 8.22. The number of amides is 2. The van der Waals surface area contributed by atoms with Crippen LogP contribution in [0.3, 0.4) is 0 Å². The molecule has 4 N–H and O–H groups in total. The molecule has 0 aliphatic carbocycles. The molecule has 132 valence electrons. The van der Waals surface area contributed by atoms with E-state index in [-0.39, 0.29) is 17.6 Å². The van der Waals surface area contributed by atoms with Crippen LogP contribution in [-0.4, -0.2) is 24.9 Å². The summed E-state index contributed by atoms with van der Waals surface area (Å²) in [4.78, 5) is 24.0. The standard InChI is InChI=1S/C20H19N3O3/c21-12-13-22-20(25)18-11-10-17(26-18)14-6-8-16(9-7-14)23-19(24)15-4-2-1-3-5-15/h1-11H,12-13,21H2,(H,22,25)(H,23,24). The number of hydrogen-bond donors (Lipinski definition) is 3. The molecule has 6 heteroatoms. The number of nitrogens with one attached hydrogen (secondary N) is 2. The highest BCUT2D eigenvalue weighted by atomic mass is 16.3. The van der Waals surface area contributed by atoms with Crippen molar-refractivity contribution >= 4 is 17.5 Å². The number of benzene rings is 2. The predicted octanol–water partition coefficient (Wildman–Crippen LogP) is 2.89. The van der Waals surface area contributed by atoms with E-state index in [4.69, 9.17) is 10.2 Å². The Kier molecular flexibility index (Phi) is 5.46. The molecule has 1 aromatic heterocycles. The Bertz CT molecular complexity index is 886. The van der Waals surface area contributed by atoms with Gasteiger partial charge < -0.3 is 20.8 Å². The van der Waals surface area contributed by atoms with Crippen LogP contribution in [0.25, 0.3) is 11.3 Å². The molecule has 0 atom stereocenters. The molecule has 0 saturated heterocycles. The summed E-state index contributed by atoms with van der Waals surface area (Å²) in [6, 6.07) is 19.6. The monoisotopic (exact) mass is 349 g/mol. The molecule has 1 heterocycles. The zero-order chi connectivity index (χ0) is 18.4. The lowest BCUT2D eigenvalue weighted by atomic mass is 10.1. The predicted molar refractivity (Wildman–Crippen MR) is 99.9 cm³/mol. The van der Waals surface area contributed by atoms with Gasteiger partial charge in [-0.2, -0.15) is 0 Å². The van der Waals surface area contributed by atoms with Gasteiger partial charge in [-0.25, -0.2) is 0 Å². The molecule has 26 heavy (non-hydrogen) atoms. The fraction of sp³-hybridized carbons (Fsp3) is 0.100. The number of carbonyl (C=O) groups is 2. The van der Waals surface area contributed by atoms with Gasteiger partial charge in [-0.3, -0.25) is 9.59 Å². The number of anilines is 1. The highest BCUT2D eigenvalue weighted by Crippen LogP contribution is 2.24. The molecule has 0 fully saturated rings. The third-order valence-electron chi connectivity index (χ3n) is 3.72. The Morgan fingerprint density at radius 1 is 0.885 bits per heavy atom. The van der Waals surface area contributed by atoms with Crippen LogP contribution in [0, 0.1) is 0 Å². The lowest BCUT2D eigenvalue weighted by molar-refractivity contribution is 0.0927. The first kappa shape index (κ1) is 17.4. The zero-order valence-electron chi connectivity index (χ0n) is 14.1. The molecule has 0 bridgehead atoms. The highest BCUT2D eigenvalue weighted by Gasteiger charge is 2.12. The molecule has 6 nitrogen and oxygen atoms in total. The van der Waals surface area contributed by atoms with E-state index in [0.29, 0.717) is 30.1 Å². The fourth-order valence-electron chi connectivity index (χ4n) is 2.40. The minimum Gasteiger partial charge on any atom is -0.451 e. The van der Waals surface area contributed by atoms with Crippen molar-refractivity contribution in [3.05, 3.63) is 78.1 Å². The third kappa shape index (κ3) is 4.17. The second-order valence-corrected chi connectivity index (χ2v) is 5.61. The van der Waals surface area contributed by atoms with Crippen LogP contribution in [0.15, 0.2) is 71.1 Å². The fourth-order valence-corrected chi connectivity index (χ4v) is 2.40. The van der Waals surface area contributed by atoms with Gasteiger partial charge in [0.1, 0.15) is 5.76 Å². The first-order valence-corrected chi connectivity index (χ1v) is 8.22. The lowest BCUT2D eigenvalue weighted by Gasteiger charge is -2.06. The average molecular weight is 349 g/mol. The lowest BCUT2D eigenvalue weighted by Crippen LogP contribution is -2.28. The second kappa shape index (κ2) is 8.13. The van der Waals surface area contributed by atoms with E-state index in [2.05, 4.69) is 10.6 Å². The summed E-state index contributed by atoms with van der Waals surface area (Å²) < 4.78 is 5.58. The molecule has 0 aliphatic heterocycles. The number of hydrogen-bond acceptors (Lipinski definition) is 4. The summed E-state index contributed by atoms with van der Waals surface area (Å²) in [6.07, 6.45) is 0. The summed E-state index contributed by atoms with van der Waals surface area (Å²) in [5, 5.41) is 5.49. The summed E-state index contributed by atoms with van der Waals surface area (Å²) in [7, 11) is 0. The Morgan fingerprint density at radius 3 is 2.31 bits per heavy atom. The highest BCUT2D eigenvalue weighted by molar-refractivity contribution is 6.04. The Hall–Kier alpha value is -3.38. The van der Waals surface area contributed by atoms with Crippen LogP contribution in [0.5, 0.6) is 0 Å². The van der Waals surface area contributed by atoms with Crippen LogP contribution in [-0.2, 0) is 0 Å². The summed E-state index contributed by atoms with van der Waals surface area (Å²) in [6.45, 7) is 0.764. The molecule has 0 aliphatic rings. The Labute approximate surface area is 151 Å². The number of rotatable bonds is 6. The van der Waals surface area contributed by atoms with Gasteiger partial charge in [0.2, 0.25) is 0 Å². The topological polar surface area (TPSA) is 97.4 Å². The summed E-state index contributed by atoms with van der Waals surface area (Å²) >= 11 is 0. The number of furan rings is 1.